The molecule has 1 aromatic heterocycles. The van der Waals surface area contributed by atoms with Crippen molar-refractivity contribution >= 4 is 44.5 Å². The molecule has 0 saturated carbocycles. The van der Waals surface area contributed by atoms with E-state index in [2.05, 4.69) is 26.1 Å². The quantitative estimate of drug-likeness (QED) is 0.387. The lowest BCUT2D eigenvalue weighted by molar-refractivity contribution is -0.137. The lowest BCUT2D eigenvalue weighted by atomic mass is 9.92. The van der Waals surface area contributed by atoms with Crippen LogP contribution >= 0.6 is 15.9 Å². The molecule has 3 aromatic rings. The Morgan fingerprint density at radius 3 is 2.51 bits per heavy atom. The number of hydrogen-bond donors (Lipinski definition) is 2. The van der Waals surface area contributed by atoms with Crippen molar-refractivity contribution in [3.8, 4) is 0 Å². The highest BCUT2D eigenvalue weighted by atomic mass is 79.9. The minimum atomic E-state index is -1.07. The van der Waals surface area contributed by atoms with Gasteiger partial charge in [0, 0.05) is 53.0 Å². The topological polar surface area (TPSA) is 82.5 Å². The molecule has 0 bridgehead atoms. The number of carboxylic acids is 1. The molecule has 1 fully saturated rings. The van der Waals surface area contributed by atoms with Crippen molar-refractivity contribution in [3.63, 3.8) is 0 Å². The summed E-state index contributed by atoms with van der Waals surface area (Å²) in [5.41, 5.74) is 1.64. The van der Waals surface area contributed by atoms with E-state index in [1.54, 1.807) is 0 Å². The Morgan fingerprint density at radius 2 is 1.86 bits per heavy atom. The molecule has 2 aromatic carbocycles. The van der Waals surface area contributed by atoms with Crippen molar-refractivity contribution < 1.29 is 23.5 Å². The number of benzene rings is 2. The SMILES string of the molecule is Cc1c(N2CCCC2)nc2ccc(Br)cc2c1C(=O)NC[C@H](CCC(=O)O)c1c(F)cccc1F. The number of aromatic nitrogens is 1. The second-order valence-corrected chi connectivity index (χ2v) is 9.68. The zero-order chi connectivity index (χ0) is 25.1. The molecule has 184 valence electrons. The number of hydrogen-bond acceptors (Lipinski definition) is 4. The zero-order valence-corrected chi connectivity index (χ0v) is 20.9. The first kappa shape index (κ1) is 25.0. The molecule has 0 aliphatic carbocycles. The number of halogens is 3. The van der Waals surface area contributed by atoms with Crippen LogP contribution in [0.2, 0.25) is 0 Å². The molecule has 1 atom stereocenters. The highest BCUT2D eigenvalue weighted by molar-refractivity contribution is 9.10. The van der Waals surface area contributed by atoms with Crippen LogP contribution in [0.1, 0.15) is 53.1 Å². The zero-order valence-electron chi connectivity index (χ0n) is 19.3. The normalized spacial score (nSPS) is 14.3. The van der Waals surface area contributed by atoms with Gasteiger partial charge in [0.25, 0.3) is 5.91 Å². The standard InChI is InChI=1S/C26H26BrF2N3O3/c1-15-23(18-13-17(27)8-9-21(18)31-25(15)32-11-2-3-12-32)26(35)30-14-16(7-10-22(33)34)24-19(28)5-4-6-20(24)29/h4-6,8-9,13,16H,2-3,7,10-12,14H2,1H3,(H,30,35)(H,33,34)/t16-/m0/s1. The number of carbonyl (C=O) groups excluding carboxylic acids is 1. The molecule has 0 unspecified atom stereocenters. The predicted molar refractivity (Wildman–Crippen MR) is 134 cm³/mol. The summed E-state index contributed by atoms with van der Waals surface area (Å²) in [5.74, 6) is -3.08. The van der Waals surface area contributed by atoms with Gasteiger partial charge in [-0.2, -0.15) is 0 Å². The number of amides is 1. The van der Waals surface area contributed by atoms with E-state index >= 15 is 0 Å². The van der Waals surface area contributed by atoms with Crippen LogP contribution in [0.3, 0.4) is 0 Å². The predicted octanol–water partition coefficient (Wildman–Crippen LogP) is 5.56. The van der Waals surface area contributed by atoms with Crippen LogP contribution < -0.4 is 10.2 Å². The number of carboxylic acid groups (broad SMARTS) is 1. The molecule has 0 spiro atoms. The monoisotopic (exact) mass is 545 g/mol. The Labute approximate surface area is 210 Å². The van der Waals surface area contributed by atoms with Gasteiger partial charge < -0.3 is 15.3 Å². The second-order valence-electron chi connectivity index (χ2n) is 8.77. The van der Waals surface area contributed by atoms with E-state index in [1.165, 1.54) is 6.07 Å². The van der Waals surface area contributed by atoms with Gasteiger partial charge in [0.05, 0.1) is 11.1 Å². The molecule has 0 radical (unpaired) electrons. The van der Waals surface area contributed by atoms with Gasteiger partial charge in [-0.1, -0.05) is 22.0 Å². The van der Waals surface area contributed by atoms with Crippen molar-refractivity contribution in [3.05, 3.63) is 69.2 Å². The highest BCUT2D eigenvalue weighted by Crippen LogP contribution is 2.32. The van der Waals surface area contributed by atoms with Crippen molar-refractivity contribution in [1.82, 2.24) is 10.3 Å². The summed E-state index contributed by atoms with van der Waals surface area (Å²) in [4.78, 5) is 31.7. The van der Waals surface area contributed by atoms with Crippen molar-refractivity contribution in [2.75, 3.05) is 24.5 Å². The average Bonchev–Trinajstić information content (AvgIpc) is 3.34. The van der Waals surface area contributed by atoms with E-state index in [-0.39, 0.29) is 24.9 Å². The lowest BCUT2D eigenvalue weighted by Gasteiger charge is -2.23. The van der Waals surface area contributed by atoms with Gasteiger partial charge in [-0.25, -0.2) is 13.8 Å². The fourth-order valence-corrected chi connectivity index (χ4v) is 5.06. The van der Waals surface area contributed by atoms with Gasteiger partial charge >= 0.3 is 5.97 Å². The van der Waals surface area contributed by atoms with E-state index in [0.29, 0.717) is 16.5 Å². The minimum Gasteiger partial charge on any atom is -0.481 e. The second kappa shape index (κ2) is 10.7. The summed E-state index contributed by atoms with van der Waals surface area (Å²) in [6.07, 6.45) is 1.81. The number of rotatable bonds is 8. The number of pyridine rings is 1. The number of aliphatic carboxylic acids is 1. The largest absolute Gasteiger partial charge is 0.481 e. The Morgan fingerprint density at radius 1 is 1.17 bits per heavy atom. The van der Waals surface area contributed by atoms with E-state index < -0.39 is 29.4 Å². The maximum absolute atomic E-state index is 14.5. The number of nitrogens with zero attached hydrogens (tertiary/aromatic N) is 2. The summed E-state index contributed by atoms with van der Waals surface area (Å²) < 4.78 is 29.8. The number of anilines is 1. The molecule has 1 aliphatic heterocycles. The summed E-state index contributed by atoms with van der Waals surface area (Å²) >= 11 is 3.46. The minimum absolute atomic E-state index is 0.0197. The molecule has 1 aliphatic rings. The molecule has 4 rings (SSSR count). The summed E-state index contributed by atoms with van der Waals surface area (Å²) in [6.45, 7) is 3.47. The summed E-state index contributed by atoms with van der Waals surface area (Å²) in [6, 6.07) is 9.06. The summed E-state index contributed by atoms with van der Waals surface area (Å²) in [5, 5.41) is 12.6. The van der Waals surface area contributed by atoms with E-state index in [9.17, 15) is 18.4 Å². The fourth-order valence-electron chi connectivity index (χ4n) is 4.70. The van der Waals surface area contributed by atoms with E-state index in [4.69, 9.17) is 10.1 Å². The number of carbonyl (C=O) groups is 2. The highest BCUT2D eigenvalue weighted by Gasteiger charge is 2.26. The van der Waals surface area contributed by atoms with Crippen LogP contribution in [0.15, 0.2) is 40.9 Å². The molecule has 2 N–H and O–H groups in total. The molecule has 1 amide bonds. The smallest absolute Gasteiger partial charge is 0.303 e. The fraction of sp³-hybridized carbons (Fsp3) is 0.346. The molecular formula is C26H26BrF2N3O3. The molecule has 6 nitrogen and oxygen atoms in total. The third-order valence-electron chi connectivity index (χ3n) is 6.42. The van der Waals surface area contributed by atoms with Crippen molar-refractivity contribution in [2.45, 2.75) is 38.5 Å². The molecule has 2 heterocycles. The Bertz CT molecular complexity index is 1260. The van der Waals surface area contributed by atoms with Gasteiger partial charge in [-0.3, -0.25) is 9.59 Å². The molecule has 35 heavy (non-hydrogen) atoms. The Kier molecular flexibility index (Phi) is 7.64. The van der Waals surface area contributed by atoms with Gasteiger partial charge in [0.2, 0.25) is 0 Å². The van der Waals surface area contributed by atoms with Gasteiger partial charge in [0.1, 0.15) is 17.5 Å². The maximum Gasteiger partial charge on any atom is 0.303 e. The van der Waals surface area contributed by atoms with Crippen molar-refractivity contribution in [2.24, 2.45) is 0 Å². The Balaban J connectivity index is 1.69. The van der Waals surface area contributed by atoms with Gasteiger partial charge in [0.15, 0.2) is 0 Å². The van der Waals surface area contributed by atoms with Gasteiger partial charge in [-0.05, 0) is 56.5 Å². The first-order chi connectivity index (χ1) is 16.8. The lowest BCUT2D eigenvalue weighted by Crippen LogP contribution is -2.31. The third kappa shape index (κ3) is 5.45. The van der Waals surface area contributed by atoms with Crippen molar-refractivity contribution in [1.29, 1.82) is 0 Å². The van der Waals surface area contributed by atoms with Crippen LogP contribution in [0.4, 0.5) is 14.6 Å². The number of nitrogens with one attached hydrogen (secondary N) is 1. The van der Waals surface area contributed by atoms with E-state index in [1.807, 2.05) is 25.1 Å². The van der Waals surface area contributed by atoms with E-state index in [0.717, 1.165) is 53.9 Å². The van der Waals surface area contributed by atoms with Gasteiger partial charge in [-0.15, -0.1) is 0 Å². The van der Waals surface area contributed by atoms with Crippen LogP contribution in [-0.2, 0) is 4.79 Å². The van der Waals surface area contributed by atoms with Crippen LogP contribution in [0.25, 0.3) is 10.9 Å². The number of fused-ring (bicyclic) bond motifs is 1. The van der Waals surface area contributed by atoms with Crippen LogP contribution in [0, 0.1) is 18.6 Å². The first-order valence-corrected chi connectivity index (χ1v) is 12.3. The molecule has 1 saturated heterocycles. The van der Waals surface area contributed by atoms with Crippen LogP contribution in [-0.4, -0.2) is 41.6 Å². The summed E-state index contributed by atoms with van der Waals surface area (Å²) in [7, 11) is 0. The Hall–Kier alpha value is -3.07. The molecular weight excluding hydrogens is 520 g/mol. The average molecular weight is 546 g/mol. The third-order valence-corrected chi connectivity index (χ3v) is 6.91. The first-order valence-electron chi connectivity index (χ1n) is 11.5. The molecule has 9 heteroatoms. The maximum atomic E-state index is 14.5. The van der Waals surface area contributed by atoms with Crippen LogP contribution in [0.5, 0.6) is 0 Å².